The summed E-state index contributed by atoms with van der Waals surface area (Å²) in [5.41, 5.74) is 1.12. The standard InChI is InChI=1S/C17H16N6O2S/c1-8-12-15(24)19-10(3)20-17(12)26-13(8)16(25)18-9(2)14-22-21-11-6-4-5-7-23(11)14/h4-7,9H,1-3H3,(H,18,25)(H,19,20,24)/t9-/m0/s1. The minimum Gasteiger partial charge on any atom is -0.342 e. The highest BCUT2D eigenvalue weighted by Crippen LogP contribution is 2.27. The van der Waals surface area contributed by atoms with Crippen LogP contribution in [0.25, 0.3) is 15.9 Å². The van der Waals surface area contributed by atoms with Crippen molar-refractivity contribution in [3.05, 3.63) is 56.8 Å². The van der Waals surface area contributed by atoms with Gasteiger partial charge in [0.2, 0.25) is 0 Å². The average Bonchev–Trinajstić information content (AvgIpc) is 3.16. The number of rotatable bonds is 3. The Balaban J connectivity index is 1.68. The minimum absolute atomic E-state index is 0.225. The summed E-state index contributed by atoms with van der Waals surface area (Å²) in [7, 11) is 0. The fraction of sp³-hybridized carbons (Fsp3) is 0.235. The number of aryl methyl sites for hydroxylation is 2. The first-order chi connectivity index (χ1) is 12.5. The molecule has 0 radical (unpaired) electrons. The predicted molar refractivity (Wildman–Crippen MR) is 98.6 cm³/mol. The number of hydrogen-bond donors (Lipinski definition) is 2. The number of pyridine rings is 1. The van der Waals surface area contributed by atoms with Crippen LogP contribution in [0.15, 0.2) is 29.2 Å². The maximum Gasteiger partial charge on any atom is 0.262 e. The number of fused-ring (bicyclic) bond motifs is 2. The van der Waals surface area contributed by atoms with E-state index in [1.165, 1.54) is 11.3 Å². The van der Waals surface area contributed by atoms with Crippen molar-refractivity contribution in [3.8, 4) is 0 Å². The topological polar surface area (TPSA) is 105 Å². The van der Waals surface area contributed by atoms with Gasteiger partial charge >= 0.3 is 0 Å². The first-order valence-electron chi connectivity index (χ1n) is 8.06. The first-order valence-corrected chi connectivity index (χ1v) is 8.88. The molecule has 0 fully saturated rings. The van der Waals surface area contributed by atoms with E-state index in [1.807, 2.05) is 35.7 Å². The van der Waals surface area contributed by atoms with Gasteiger partial charge in [-0.25, -0.2) is 4.98 Å². The molecule has 1 atom stereocenters. The van der Waals surface area contributed by atoms with Gasteiger partial charge in [-0.3, -0.25) is 14.0 Å². The van der Waals surface area contributed by atoms with E-state index in [4.69, 9.17) is 0 Å². The van der Waals surface area contributed by atoms with Crippen molar-refractivity contribution in [2.24, 2.45) is 0 Å². The molecule has 0 spiro atoms. The normalized spacial score (nSPS) is 12.6. The molecule has 132 valence electrons. The molecule has 2 N–H and O–H groups in total. The van der Waals surface area contributed by atoms with Crippen molar-refractivity contribution in [1.29, 1.82) is 0 Å². The van der Waals surface area contributed by atoms with Gasteiger partial charge in [0.15, 0.2) is 11.5 Å². The number of nitrogens with zero attached hydrogens (tertiary/aromatic N) is 4. The van der Waals surface area contributed by atoms with Gasteiger partial charge in [-0.2, -0.15) is 0 Å². The zero-order valence-corrected chi connectivity index (χ0v) is 15.2. The average molecular weight is 368 g/mol. The number of amides is 1. The molecule has 0 aliphatic carbocycles. The Morgan fingerprint density at radius 3 is 2.92 bits per heavy atom. The lowest BCUT2D eigenvalue weighted by Crippen LogP contribution is -2.27. The molecule has 0 saturated heterocycles. The number of thiophene rings is 1. The predicted octanol–water partition coefficient (Wildman–Crippen LogP) is 2.14. The molecule has 8 nitrogen and oxygen atoms in total. The Bertz CT molecular complexity index is 1210. The van der Waals surface area contributed by atoms with E-state index in [2.05, 4.69) is 25.5 Å². The van der Waals surface area contributed by atoms with Crippen molar-refractivity contribution in [3.63, 3.8) is 0 Å². The molecule has 0 unspecified atom stereocenters. The molecule has 0 aliphatic heterocycles. The van der Waals surface area contributed by atoms with E-state index in [0.717, 1.165) is 0 Å². The van der Waals surface area contributed by atoms with Gasteiger partial charge in [0.05, 0.1) is 16.3 Å². The van der Waals surface area contributed by atoms with Crippen LogP contribution in [0.2, 0.25) is 0 Å². The van der Waals surface area contributed by atoms with Crippen LogP contribution in [0.1, 0.15) is 39.8 Å². The van der Waals surface area contributed by atoms with E-state index in [-0.39, 0.29) is 17.5 Å². The summed E-state index contributed by atoms with van der Waals surface area (Å²) in [6.45, 7) is 5.32. The van der Waals surface area contributed by atoms with Crippen LogP contribution in [-0.2, 0) is 0 Å². The van der Waals surface area contributed by atoms with Crippen LogP contribution in [0.3, 0.4) is 0 Å². The van der Waals surface area contributed by atoms with Crippen LogP contribution in [0.4, 0.5) is 0 Å². The monoisotopic (exact) mass is 368 g/mol. The molecule has 0 aromatic carbocycles. The van der Waals surface area contributed by atoms with Crippen molar-refractivity contribution >= 4 is 33.1 Å². The summed E-state index contributed by atoms with van der Waals surface area (Å²) >= 11 is 1.22. The molecule has 4 heterocycles. The molecule has 26 heavy (non-hydrogen) atoms. The Kier molecular flexibility index (Phi) is 3.80. The Morgan fingerprint density at radius 2 is 2.12 bits per heavy atom. The number of H-pyrrole nitrogens is 1. The number of nitrogens with one attached hydrogen (secondary N) is 2. The highest BCUT2D eigenvalue weighted by Gasteiger charge is 2.22. The fourth-order valence-electron chi connectivity index (χ4n) is 2.95. The van der Waals surface area contributed by atoms with Crippen LogP contribution in [-0.4, -0.2) is 30.5 Å². The molecule has 9 heteroatoms. The van der Waals surface area contributed by atoms with Gasteiger partial charge in [-0.05, 0) is 38.5 Å². The molecule has 0 bridgehead atoms. The number of carbonyl (C=O) groups excluding carboxylic acids is 1. The van der Waals surface area contributed by atoms with E-state index >= 15 is 0 Å². The van der Waals surface area contributed by atoms with Gasteiger partial charge in [-0.1, -0.05) is 6.07 Å². The van der Waals surface area contributed by atoms with Crippen LogP contribution < -0.4 is 10.9 Å². The third-order valence-electron chi connectivity index (χ3n) is 4.20. The Labute approximate surface area is 151 Å². The second-order valence-corrected chi connectivity index (χ2v) is 7.07. The lowest BCUT2D eigenvalue weighted by Gasteiger charge is -2.12. The second-order valence-electron chi connectivity index (χ2n) is 6.07. The lowest BCUT2D eigenvalue weighted by atomic mass is 10.2. The summed E-state index contributed by atoms with van der Waals surface area (Å²) in [5, 5.41) is 11.7. The molecule has 4 aromatic rings. The molecular formula is C17H16N6O2S. The second kappa shape index (κ2) is 6.03. The smallest absolute Gasteiger partial charge is 0.262 e. The first kappa shape index (κ1) is 16.4. The highest BCUT2D eigenvalue weighted by molar-refractivity contribution is 7.20. The molecule has 0 aliphatic rings. The van der Waals surface area contributed by atoms with Gasteiger partial charge in [0.1, 0.15) is 10.7 Å². The van der Waals surface area contributed by atoms with E-state index < -0.39 is 0 Å². The molecular weight excluding hydrogens is 352 g/mol. The van der Waals surface area contributed by atoms with E-state index in [1.54, 1.807) is 13.8 Å². The highest BCUT2D eigenvalue weighted by atomic mass is 32.1. The van der Waals surface area contributed by atoms with E-state index in [0.29, 0.717) is 38.0 Å². The Hall–Kier alpha value is -3.07. The third kappa shape index (κ3) is 2.57. The maximum atomic E-state index is 12.8. The fourth-order valence-corrected chi connectivity index (χ4v) is 4.08. The number of carbonyl (C=O) groups is 1. The van der Waals surface area contributed by atoms with Gasteiger partial charge < -0.3 is 10.3 Å². The number of aromatic amines is 1. The quantitative estimate of drug-likeness (QED) is 0.576. The lowest BCUT2D eigenvalue weighted by molar-refractivity contribution is 0.0941. The molecule has 4 rings (SSSR count). The molecule has 1 amide bonds. The zero-order valence-electron chi connectivity index (χ0n) is 14.4. The van der Waals surface area contributed by atoms with Crippen molar-refractivity contribution in [1.82, 2.24) is 29.9 Å². The minimum atomic E-state index is -0.350. The number of aromatic nitrogens is 5. The summed E-state index contributed by atoms with van der Waals surface area (Å²) in [6.07, 6.45) is 1.85. The summed E-state index contributed by atoms with van der Waals surface area (Å²) in [6, 6.07) is 5.26. The van der Waals surface area contributed by atoms with Gasteiger partial charge in [0.25, 0.3) is 11.5 Å². The van der Waals surface area contributed by atoms with Crippen molar-refractivity contribution in [2.45, 2.75) is 26.8 Å². The third-order valence-corrected chi connectivity index (χ3v) is 5.38. The van der Waals surface area contributed by atoms with Crippen molar-refractivity contribution < 1.29 is 4.79 Å². The summed E-state index contributed by atoms with van der Waals surface area (Å²) < 4.78 is 1.83. The van der Waals surface area contributed by atoms with E-state index in [9.17, 15) is 9.59 Å². The van der Waals surface area contributed by atoms with Gasteiger partial charge in [-0.15, -0.1) is 21.5 Å². The number of hydrogen-bond acceptors (Lipinski definition) is 6. The molecule has 4 aromatic heterocycles. The van der Waals surface area contributed by atoms with Crippen molar-refractivity contribution in [2.75, 3.05) is 0 Å². The largest absolute Gasteiger partial charge is 0.342 e. The van der Waals surface area contributed by atoms with Crippen LogP contribution in [0.5, 0.6) is 0 Å². The Morgan fingerprint density at radius 1 is 1.31 bits per heavy atom. The summed E-state index contributed by atoms with van der Waals surface area (Å²) in [5.74, 6) is 0.904. The summed E-state index contributed by atoms with van der Waals surface area (Å²) in [4.78, 5) is 33.0. The molecule has 0 saturated carbocycles. The maximum absolute atomic E-state index is 12.8. The zero-order chi connectivity index (χ0) is 18.4. The van der Waals surface area contributed by atoms with Crippen LogP contribution >= 0.6 is 11.3 Å². The van der Waals surface area contributed by atoms with Gasteiger partial charge in [0, 0.05) is 6.20 Å². The van der Waals surface area contributed by atoms with Crippen LogP contribution in [0, 0.1) is 13.8 Å². The SMILES string of the molecule is Cc1nc2sc(C(=O)N[C@@H](C)c3nnc4ccccn34)c(C)c2c(=O)[nH]1.